The molecular weight excluding hydrogens is 488 g/mol. The highest BCUT2D eigenvalue weighted by atomic mass is 16.4. The third-order valence-corrected chi connectivity index (χ3v) is 5.05. The zero-order valence-corrected chi connectivity index (χ0v) is 20.1. The molecule has 0 saturated heterocycles. The number of amides is 4. The SMILES string of the molecule is NC(=O)CC(NC(=O)C(CCCN=C(N)N)NC(=O)C(N)Cc1ccccc1)C(=O)NC(CO)C(=O)O. The number of aliphatic carboxylic acids is 1. The number of carbonyl (C=O) groups is 5. The topological polar surface area (TPSA) is 278 Å². The van der Waals surface area contributed by atoms with Gasteiger partial charge in [-0.15, -0.1) is 0 Å². The van der Waals surface area contributed by atoms with Gasteiger partial charge in [0, 0.05) is 6.54 Å². The number of aliphatic hydroxyl groups excluding tert-OH is 1. The number of carbonyl (C=O) groups excluding carboxylic acids is 4. The van der Waals surface area contributed by atoms with Crippen molar-refractivity contribution in [1.29, 1.82) is 0 Å². The molecule has 4 atom stereocenters. The maximum atomic E-state index is 13.0. The lowest BCUT2D eigenvalue weighted by Gasteiger charge is -2.24. The lowest BCUT2D eigenvalue weighted by atomic mass is 10.0. The summed E-state index contributed by atoms with van der Waals surface area (Å²) in [5.41, 5.74) is 22.6. The Morgan fingerprint density at radius 1 is 0.865 bits per heavy atom. The summed E-state index contributed by atoms with van der Waals surface area (Å²) < 4.78 is 0. The number of nitrogens with two attached hydrogens (primary N) is 4. The molecule has 0 bridgehead atoms. The summed E-state index contributed by atoms with van der Waals surface area (Å²) in [4.78, 5) is 64.7. The summed E-state index contributed by atoms with van der Waals surface area (Å²) >= 11 is 0. The number of rotatable bonds is 16. The maximum absolute atomic E-state index is 13.0. The fourth-order valence-electron chi connectivity index (χ4n) is 3.15. The highest BCUT2D eigenvalue weighted by Crippen LogP contribution is 2.05. The Bertz CT molecular complexity index is 969. The highest BCUT2D eigenvalue weighted by molar-refractivity contribution is 5.96. The highest BCUT2D eigenvalue weighted by Gasteiger charge is 2.31. The van der Waals surface area contributed by atoms with Crippen molar-refractivity contribution in [3.63, 3.8) is 0 Å². The number of hydrogen-bond donors (Lipinski definition) is 9. The Balaban J connectivity index is 3.00. The predicted octanol–water partition coefficient (Wildman–Crippen LogP) is -3.98. The zero-order valence-electron chi connectivity index (χ0n) is 20.1. The van der Waals surface area contributed by atoms with E-state index >= 15 is 0 Å². The van der Waals surface area contributed by atoms with Crippen LogP contribution in [0.4, 0.5) is 0 Å². The number of benzene rings is 1. The first-order chi connectivity index (χ1) is 17.4. The summed E-state index contributed by atoms with van der Waals surface area (Å²) in [5, 5.41) is 25.0. The van der Waals surface area contributed by atoms with Crippen LogP contribution >= 0.6 is 0 Å². The minimum atomic E-state index is -1.68. The van der Waals surface area contributed by atoms with E-state index in [9.17, 15) is 24.0 Å². The van der Waals surface area contributed by atoms with Crippen LogP contribution in [-0.4, -0.2) is 83.1 Å². The average Bonchev–Trinajstić information content (AvgIpc) is 2.83. The normalized spacial score (nSPS) is 13.8. The maximum Gasteiger partial charge on any atom is 0.328 e. The van der Waals surface area contributed by atoms with Gasteiger partial charge in [0.1, 0.15) is 18.1 Å². The third kappa shape index (κ3) is 11.8. The quantitative estimate of drug-likeness (QED) is 0.0576. The lowest BCUT2D eigenvalue weighted by molar-refractivity contribution is -0.143. The molecule has 0 heterocycles. The molecule has 15 nitrogen and oxygen atoms in total. The van der Waals surface area contributed by atoms with E-state index in [1.54, 1.807) is 24.3 Å². The van der Waals surface area contributed by atoms with E-state index in [1.807, 2.05) is 11.4 Å². The van der Waals surface area contributed by atoms with Crippen LogP contribution in [0.25, 0.3) is 0 Å². The van der Waals surface area contributed by atoms with E-state index in [2.05, 4.69) is 15.6 Å². The van der Waals surface area contributed by atoms with Crippen molar-refractivity contribution in [2.45, 2.75) is 49.9 Å². The fraction of sp³-hybridized carbons (Fsp3) is 0.455. The first-order valence-corrected chi connectivity index (χ1v) is 11.3. The Hall–Kier alpha value is -4.24. The lowest BCUT2D eigenvalue weighted by Crippen LogP contribution is -2.58. The summed E-state index contributed by atoms with van der Waals surface area (Å²) in [6.07, 6.45) is -0.189. The summed E-state index contributed by atoms with van der Waals surface area (Å²) in [5.74, 6) is -5.23. The average molecular weight is 523 g/mol. The van der Waals surface area contributed by atoms with Crippen LogP contribution in [0.2, 0.25) is 0 Å². The van der Waals surface area contributed by atoms with E-state index in [0.717, 1.165) is 5.56 Å². The van der Waals surface area contributed by atoms with Crippen LogP contribution < -0.4 is 38.9 Å². The summed E-state index contributed by atoms with van der Waals surface area (Å²) in [6, 6.07) is 3.50. The molecule has 1 aromatic rings. The molecule has 204 valence electrons. The number of nitrogens with one attached hydrogen (secondary N) is 3. The third-order valence-electron chi connectivity index (χ3n) is 5.05. The molecule has 1 aromatic carbocycles. The molecule has 0 saturated carbocycles. The minimum Gasteiger partial charge on any atom is -0.480 e. The first-order valence-electron chi connectivity index (χ1n) is 11.3. The van der Waals surface area contributed by atoms with Crippen LogP contribution in [0, 0.1) is 0 Å². The van der Waals surface area contributed by atoms with Crippen molar-refractivity contribution in [3.8, 4) is 0 Å². The smallest absolute Gasteiger partial charge is 0.328 e. The van der Waals surface area contributed by atoms with Gasteiger partial charge in [0.25, 0.3) is 0 Å². The van der Waals surface area contributed by atoms with Crippen LogP contribution in [0.15, 0.2) is 35.3 Å². The number of nitrogens with zero attached hydrogens (tertiary/aromatic N) is 1. The Morgan fingerprint density at radius 2 is 1.43 bits per heavy atom. The molecule has 4 amide bonds. The summed E-state index contributed by atoms with van der Waals surface area (Å²) in [6.45, 7) is -0.791. The van der Waals surface area contributed by atoms with Gasteiger partial charge in [-0.05, 0) is 24.8 Å². The number of hydrogen-bond acceptors (Lipinski definition) is 8. The van der Waals surface area contributed by atoms with Crippen molar-refractivity contribution in [2.75, 3.05) is 13.2 Å². The van der Waals surface area contributed by atoms with Gasteiger partial charge in [-0.25, -0.2) is 4.79 Å². The number of aliphatic imine (C=N–C) groups is 1. The molecular formula is C22H34N8O7. The van der Waals surface area contributed by atoms with Crippen molar-refractivity contribution >= 4 is 35.6 Å². The van der Waals surface area contributed by atoms with Crippen molar-refractivity contribution in [2.24, 2.45) is 27.9 Å². The van der Waals surface area contributed by atoms with Gasteiger partial charge in [-0.1, -0.05) is 30.3 Å². The predicted molar refractivity (Wildman–Crippen MR) is 132 cm³/mol. The molecule has 0 fully saturated rings. The van der Waals surface area contributed by atoms with Crippen molar-refractivity contribution in [3.05, 3.63) is 35.9 Å². The van der Waals surface area contributed by atoms with E-state index in [-0.39, 0.29) is 31.8 Å². The molecule has 15 heteroatoms. The molecule has 13 N–H and O–H groups in total. The van der Waals surface area contributed by atoms with Crippen LogP contribution in [0.3, 0.4) is 0 Å². The molecule has 0 aliphatic rings. The zero-order chi connectivity index (χ0) is 28.0. The standard InChI is InChI=1S/C22H34N8O7/c23-13(9-12-5-2-1-3-6-12)18(33)28-14(7-4-8-27-22(25)26)19(34)29-15(10-17(24)32)20(35)30-16(11-31)21(36)37/h1-3,5-6,13-16,31H,4,7-11,23H2,(H2,24,32)(H,28,33)(H,29,34)(H,30,35)(H,36,37)(H4,25,26,27). The molecule has 0 radical (unpaired) electrons. The molecule has 1 rings (SSSR count). The number of carboxylic acid groups (broad SMARTS) is 1. The van der Waals surface area contributed by atoms with Gasteiger partial charge >= 0.3 is 5.97 Å². The largest absolute Gasteiger partial charge is 0.480 e. The number of primary amides is 1. The second-order valence-corrected chi connectivity index (χ2v) is 8.12. The Kier molecular flexibility index (Phi) is 13.1. The van der Waals surface area contributed by atoms with Crippen molar-refractivity contribution in [1.82, 2.24) is 16.0 Å². The van der Waals surface area contributed by atoms with Gasteiger partial charge in [0.05, 0.1) is 19.1 Å². The van der Waals surface area contributed by atoms with Gasteiger partial charge in [-0.2, -0.15) is 0 Å². The van der Waals surface area contributed by atoms with E-state index in [1.165, 1.54) is 0 Å². The number of guanidine groups is 1. The fourth-order valence-corrected chi connectivity index (χ4v) is 3.15. The van der Waals surface area contributed by atoms with Gasteiger partial charge in [-0.3, -0.25) is 24.2 Å². The van der Waals surface area contributed by atoms with Crippen LogP contribution in [0.5, 0.6) is 0 Å². The van der Waals surface area contributed by atoms with Gasteiger partial charge in [0.2, 0.25) is 23.6 Å². The second-order valence-electron chi connectivity index (χ2n) is 8.12. The van der Waals surface area contributed by atoms with Crippen molar-refractivity contribution < 1.29 is 34.2 Å². The molecule has 0 spiro atoms. The van der Waals surface area contributed by atoms with Gasteiger partial charge < -0.3 is 49.1 Å². The molecule has 0 aliphatic heterocycles. The monoisotopic (exact) mass is 522 g/mol. The minimum absolute atomic E-state index is 0.0334. The molecule has 0 aromatic heterocycles. The first kappa shape index (κ1) is 30.8. The number of carboxylic acids is 1. The van der Waals surface area contributed by atoms with Crippen LogP contribution in [0.1, 0.15) is 24.8 Å². The second kappa shape index (κ2) is 15.7. The Labute approximate surface area is 213 Å². The molecule has 37 heavy (non-hydrogen) atoms. The molecule has 0 aliphatic carbocycles. The van der Waals surface area contributed by atoms with E-state index in [0.29, 0.717) is 0 Å². The van der Waals surface area contributed by atoms with E-state index in [4.69, 9.17) is 33.1 Å². The Morgan fingerprint density at radius 3 is 1.97 bits per heavy atom. The summed E-state index contributed by atoms with van der Waals surface area (Å²) in [7, 11) is 0. The molecule has 4 unspecified atom stereocenters. The van der Waals surface area contributed by atoms with E-state index < -0.39 is 66.8 Å². The van der Waals surface area contributed by atoms with Gasteiger partial charge in [0.15, 0.2) is 5.96 Å². The number of aliphatic hydroxyl groups is 1. The van der Waals surface area contributed by atoms with Crippen LogP contribution in [-0.2, 0) is 30.4 Å².